The summed E-state index contributed by atoms with van der Waals surface area (Å²) in [5.41, 5.74) is 5.40. The van der Waals surface area contributed by atoms with Gasteiger partial charge < -0.3 is 15.8 Å². The van der Waals surface area contributed by atoms with Crippen LogP contribution >= 0.6 is 0 Å². The number of sulfonamides is 1. The maximum Gasteiger partial charge on any atom is 0.243 e. The number of carbonyl (C=O) groups excluding carboxylic acids is 1. The number of ether oxygens (including phenoxy) is 1. The van der Waals surface area contributed by atoms with Crippen LogP contribution in [0.4, 0.5) is 0 Å². The molecule has 0 radical (unpaired) electrons. The summed E-state index contributed by atoms with van der Waals surface area (Å²) < 4.78 is 31.8. The Morgan fingerprint density at radius 3 is 2.46 bits per heavy atom. The Balaban J connectivity index is 1.94. The van der Waals surface area contributed by atoms with Crippen LogP contribution in [0.1, 0.15) is 19.3 Å². The van der Waals surface area contributed by atoms with Gasteiger partial charge in [0.25, 0.3) is 0 Å². The average Bonchev–Trinajstić information content (AvgIpc) is 2.62. The number of nitrogens with two attached hydrogens (primary N) is 1. The van der Waals surface area contributed by atoms with Gasteiger partial charge in [-0.2, -0.15) is 4.31 Å². The Morgan fingerprint density at radius 2 is 1.92 bits per heavy atom. The van der Waals surface area contributed by atoms with Gasteiger partial charge in [-0.15, -0.1) is 0 Å². The summed E-state index contributed by atoms with van der Waals surface area (Å²) in [7, 11) is -1.99. The predicted molar refractivity (Wildman–Crippen MR) is 91.2 cm³/mol. The molecule has 0 aromatic heterocycles. The van der Waals surface area contributed by atoms with E-state index in [1.807, 2.05) is 0 Å². The Kier molecular flexibility index (Phi) is 6.59. The SMILES string of the molecule is COc1ccc(S(=O)(=O)N2CCC(C(=O)NCCCN)CC2)cc1. The van der Waals surface area contributed by atoms with E-state index in [1.54, 1.807) is 24.3 Å². The number of rotatable bonds is 7. The highest BCUT2D eigenvalue weighted by Gasteiger charge is 2.31. The van der Waals surface area contributed by atoms with E-state index in [0.29, 0.717) is 44.8 Å². The standard InChI is InChI=1S/C16H25N3O4S/c1-23-14-3-5-15(6-4-14)24(21,22)19-11-7-13(8-12-19)16(20)18-10-2-9-17/h3-6,13H,2,7-12,17H2,1H3,(H,18,20). The molecule has 2 rings (SSSR count). The number of benzene rings is 1. The van der Waals surface area contributed by atoms with Gasteiger partial charge in [0.2, 0.25) is 15.9 Å². The lowest BCUT2D eigenvalue weighted by Crippen LogP contribution is -2.43. The van der Waals surface area contributed by atoms with E-state index in [-0.39, 0.29) is 16.7 Å². The van der Waals surface area contributed by atoms with Crippen molar-refractivity contribution in [3.63, 3.8) is 0 Å². The number of nitrogens with one attached hydrogen (secondary N) is 1. The van der Waals surface area contributed by atoms with Crippen molar-refractivity contribution in [3.8, 4) is 5.75 Å². The number of carbonyl (C=O) groups is 1. The molecule has 1 amide bonds. The zero-order valence-corrected chi connectivity index (χ0v) is 14.7. The van der Waals surface area contributed by atoms with Gasteiger partial charge in [-0.1, -0.05) is 0 Å². The number of hydrogen-bond acceptors (Lipinski definition) is 5. The summed E-state index contributed by atoms with van der Waals surface area (Å²) in [4.78, 5) is 12.3. The molecule has 1 fully saturated rings. The van der Waals surface area contributed by atoms with E-state index in [2.05, 4.69) is 5.32 Å². The molecule has 0 saturated carbocycles. The van der Waals surface area contributed by atoms with Gasteiger partial charge in [-0.25, -0.2) is 8.42 Å². The monoisotopic (exact) mass is 355 g/mol. The van der Waals surface area contributed by atoms with Crippen molar-refractivity contribution < 1.29 is 17.9 Å². The van der Waals surface area contributed by atoms with Crippen molar-refractivity contribution in [1.29, 1.82) is 0 Å². The van der Waals surface area contributed by atoms with Crippen LogP contribution in [0.3, 0.4) is 0 Å². The molecule has 0 atom stereocenters. The Hall–Kier alpha value is -1.64. The average molecular weight is 355 g/mol. The Bertz CT molecular complexity index is 638. The van der Waals surface area contributed by atoms with Gasteiger partial charge in [0.1, 0.15) is 5.75 Å². The smallest absolute Gasteiger partial charge is 0.243 e. The topological polar surface area (TPSA) is 102 Å². The molecule has 1 aromatic carbocycles. The van der Waals surface area contributed by atoms with Crippen LogP contribution in [0.2, 0.25) is 0 Å². The van der Waals surface area contributed by atoms with Gasteiger partial charge in [0.15, 0.2) is 0 Å². The van der Waals surface area contributed by atoms with Crippen molar-refractivity contribution in [1.82, 2.24) is 9.62 Å². The number of amides is 1. The normalized spacial score (nSPS) is 16.8. The van der Waals surface area contributed by atoms with Crippen LogP contribution in [-0.2, 0) is 14.8 Å². The van der Waals surface area contributed by atoms with Crippen molar-refractivity contribution in [2.24, 2.45) is 11.7 Å². The fourth-order valence-corrected chi connectivity index (χ4v) is 4.18. The van der Waals surface area contributed by atoms with E-state index in [0.717, 1.165) is 6.42 Å². The number of nitrogens with zero attached hydrogens (tertiary/aromatic N) is 1. The lowest BCUT2D eigenvalue weighted by atomic mass is 9.97. The van der Waals surface area contributed by atoms with E-state index in [4.69, 9.17) is 10.5 Å². The summed E-state index contributed by atoms with van der Waals surface area (Å²) in [6.45, 7) is 1.81. The molecule has 134 valence electrons. The summed E-state index contributed by atoms with van der Waals surface area (Å²) in [6.07, 6.45) is 1.81. The highest BCUT2D eigenvalue weighted by atomic mass is 32.2. The molecule has 0 bridgehead atoms. The third kappa shape index (κ3) is 4.46. The second-order valence-electron chi connectivity index (χ2n) is 5.79. The van der Waals surface area contributed by atoms with Crippen LogP contribution in [0.25, 0.3) is 0 Å². The molecular formula is C16H25N3O4S. The first-order chi connectivity index (χ1) is 11.5. The molecule has 1 saturated heterocycles. The minimum atomic E-state index is -3.53. The predicted octanol–water partition coefficient (Wildman–Crippen LogP) is 0.561. The first-order valence-electron chi connectivity index (χ1n) is 8.11. The van der Waals surface area contributed by atoms with Crippen molar-refractivity contribution in [2.45, 2.75) is 24.2 Å². The van der Waals surface area contributed by atoms with Crippen LogP contribution in [0.15, 0.2) is 29.2 Å². The van der Waals surface area contributed by atoms with Gasteiger partial charge in [0.05, 0.1) is 12.0 Å². The molecule has 1 aliphatic heterocycles. The fraction of sp³-hybridized carbons (Fsp3) is 0.562. The molecule has 1 aliphatic rings. The van der Waals surface area contributed by atoms with Crippen LogP contribution in [-0.4, -0.2) is 51.9 Å². The van der Waals surface area contributed by atoms with Crippen LogP contribution in [0, 0.1) is 5.92 Å². The lowest BCUT2D eigenvalue weighted by Gasteiger charge is -2.30. The summed E-state index contributed by atoms with van der Waals surface area (Å²) in [5.74, 6) is 0.469. The maximum atomic E-state index is 12.6. The lowest BCUT2D eigenvalue weighted by molar-refractivity contribution is -0.126. The zero-order chi connectivity index (χ0) is 17.6. The quantitative estimate of drug-likeness (QED) is 0.696. The minimum absolute atomic E-state index is 0.00931. The highest BCUT2D eigenvalue weighted by Crippen LogP contribution is 2.25. The molecule has 24 heavy (non-hydrogen) atoms. The van der Waals surface area contributed by atoms with Crippen LogP contribution < -0.4 is 15.8 Å². The maximum absolute atomic E-state index is 12.6. The van der Waals surface area contributed by atoms with E-state index < -0.39 is 10.0 Å². The second kappa shape index (κ2) is 8.46. The summed E-state index contributed by atoms with van der Waals surface area (Å²) in [6, 6.07) is 6.34. The largest absolute Gasteiger partial charge is 0.497 e. The second-order valence-corrected chi connectivity index (χ2v) is 7.73. The van der Waals surface area contributed by atoms with Crippen molar-refractivity contribution in [2.75, 3.05) is 33.3 Å². The molecule has 0 spiro atoms. The molecule has 1 aromatic rings. The molecule has 7 nitrogen and oxygen atoms in total. The van der Waals surface area contributed by atoms with Crippen molar-refractivity contribution in [3.05, 3.63) is 24.3 Å². The number of hydrogen-bond donors (Lipinski definition) is 2. The summed E-state index contributed by atoms with van der Waals surface area (Å²) >= 11 is 0. The number of piperidine rings is 1. The van der Waals surface area contributed by atoms with Crippen molar-refractivity contribution >= 4 is 15.9 Å². The highest BCUT2D eigenvalue weighted by molar-refractivity contribution is 7.89. The molecule has 0 aliphatic carbocycles. The van der Waals surface area contributed by atoms with Gasteiger partial charge in [-0.3, -0.25) is 4.79 Å². The van der Waals surface area contributed by atoms with E-state index in [9.17, 15) is 13.2 Å². The first-order valence-corrected chi connectivity index (χ1v) is 9.55. The van der Waals surface area contributed by atoms with Gasteiger partial charge in [0, 0.05) is 25.6 Å². The van der Waals surface area contributed by atoms with Gasteiger partial charge >= 0.3 is 0 Å². The summed E-state index contributed by atoms with van der Waals surface area (Å²) in [5, 5.41) is 2.85. The zero-order valence-electron chi connectivity index (χ0n) is 13.9. The molecular weight excluding hydrogens is 330 g/mol. The van der Waals surface area contributed by atoms with Gasteiger partial charge in [-0.05, 0) is 50.1 Å². The molecule has 8 heteroatoms. The molecule has 1 heterocycles. The Labute approximate surface area is 143 Å². The molecule has 0 unspecified atom stereocenters. The first kappa shape index (κ1) is 18.7. The fourth-order valence-electron chi connectivity index (χ4n) is 2.71. The van der Waals surface area contributed by atoms with E-state index in [1.165, 1.54) is 11.4 Å². The third-order valence-corrected chi connectivity index (χ3v) is 6.11. The minimum Gasteiger partial charge on any atom is -0.497 e. The van der Waals surface area contributed by atoms with E-state index >= 15 is 0 Å². The Morgan fingerprint density at radius 1 is 1.29 bits per heavy atom. The number of methoxy groups -OCH3 is 1. The third-order valence-electron chi connectivity index (χ3n) is 4.20. The molecule has 3 N–H and O–H groups in total. The van der Waals surface area contributed by atoms with Crippen LogP contribution in [0.5, 0.6) is 5.75 Å².